The predicted molar refractivity (Wildman–Crippen MR) is 100.0 cm³/mol. The van der Waals surface area contributed by atoms with E-state index < -0.39 is 0 Å². The number of thiocarbonyl (C=S) groups is 1. The molecule has 0 radical (unpaired) electrons. The van der Waals surface area contributed by atoms with Gasteiger partial charge in [0.1, 0.15) is 0 Å². The van der Waals surface area contributed by atoms with Gasteiger partial charge in [0.2, 0.25) is 0 Å². The zero-order valence-electron chi connectivity index (χ0n) is 14.7. The Morgan fingerprint density at radius 1 is 0.857 bits per heavy atom. The van der Waals surface area contributed by atoms with Gasteiger partial charge in [-0.05, 0) is 26.8 Å². The SMILES string of the molecule is CCCCCCCCCCCCN(CCC(N)=S)C(C)C. The Hall–Kier alpha value is -0.150. The van der Waals surface area contributed by atoms with Crippen molar-refractivity contribution >= 4 is 17.2 Å². The van der Waals surface area contributed by atoms with Crippen LogP contribution in [0.5, 0.6) is 0 Å². The molecule has 0 heterocycles. The summed E-state index contributed by atoms with van der Waals surface area (Å²) in [6.07, 6.45) is 14.8. The molecule has 0 aromatic rings. The first-order chi connectivity index (χ1) is 10.1. The minimum absolute atomic E-state index is 0.595. The van der Waals surface area contributed by atoms with Crippen molar-refractivity contribution in [2.24, 2.45) is 5.73 Å². The third kappa shape index (κ3) is 14.5. The molecule has 0 unspecified atom stereocenters. The third-order valence-electron chi connectivity index (χ3n) is 4.17. The van der Waals surface area contributed by atoms with Crippen LogP contribution in [0.3, 0.4) is 0 Å². The van der Waals surface area contributed by atoms with Crippen LogP contribution in [0.15, 0.2) is 0 Å². The maximum atomic E-state index is 5.60. The fraction of sp³-hybridized carbons (Fsp3) is 0.944. The molecule has 0 amide bonds. The van der Waals surface area contributed by atoms with Crippen molar-refractivity contribution in [2.75, 3.05) is 13.1 Å². The first-order valence-electron chi connectivity index (χ1n) is 9.10. The minimum Gasteiger partial charge on any atom is -0.393 e. The summed E-state index contributed by atoms with van der Waals surface area (Å²) in [6.45, 7) is 9.01. The van der Waals surface area contributed by atoms with E-state index >= 15 is 0 Å². The van der Waals surface area contributed by atoms with Crippen LogP contribution in [0.25, 0.3) is 0 Å². The normalized spacial score (nSPS) is 11.5. The van der Waals surface area contributed by atoms with Gasteiger partial charge in [-0.2, -0.15) is 0 Å². The highest BCUT2D eigenvalue weighted by Gasteiger charge is 2.08. The van der Waals surface area contributed by atoms with Gasteiger partial charge in [0.15, 0.2) is 0 Å². The molecule has 0 spiro atoms. The van der Waals surface area contributed by atoms with Gasteiger partial charge < -0.3 is 10.6 Å². The summed E-state index contributed by atoms with van der Waals surface area (Å²) >= 11 is 4.97. The lowest BCUT2D eigenvalue weighted by Gasteiger charge is -2.26. The van der Waals surface area contributed by atoms with E-state index in [4.69, 9.17) is 18.0 Å². The molecule has 2 N–H and O–H groups in total. The largest absolute Gasteiger partial charge is 0.393 e. The second-order valence-corrected chi connectivity index (χ2v) is 7.05. The second-order valence-electron chi connectivity index (χ2n) is 6.53. The molecule has 0 fully saturated rings. The summed E-state index contributed by atoms with van der Waals surface area (Å²) in [5.41, 5.74) is 5.60. The molecule has 126 valence electrons. The van der Waals surface area contributed by atoms with Gasteiger partial charge >= 0.3 is 0 Å². The van der Waals surface area contributed by atoms with Crippen molar-refractivity contribution in [3.8, 4) is 0 Å². The molecule has 0 saturated heterocycles. The lowest BCUT2D eigenvalue weighted by Crippen LogP contribution is -2.34. The van der Waals surface area contributed by atoms with E-state index in [1.54, 1.807) is 0 Å². The molecule has 21 heavy (non-hydrogen) atoms. The Morgan fingerprint density at radius 3 is 1.76 bits per heavy atom. The van der Waals surface area contributed by atoms with Gasteiger partial charge in [0.05, 0.1) is 4.99 Å². The fourth-order valence-electron chi connectivity index (χ4n) is 2.68. The number of nitrogens with zero attached hydrogens (tertiary/aromatic N) is 1. The van der Waals surface area contributed by atoms with Crippen LogP contribution in [0.4, 0.5) is 0 Å². The predicted octanol–water partition coefficient (Wildman–Crippen LogP) is 5.29. The quantitative estimate of drug-likeness (QED) is 0.329. The van der Waals surface area contributed by atoms with Crippen LogP contribution in [-0.2, 0) is 0 Å². The van der Waals surface area contributed by atoms with E-state index in [0.717, 1.165) is 13.0 Å². The Labute approximate surface area is 138 Å². The lowest BCUT2D eigenvalue weighted by molar-refractivity contribution is 0.223. The van der Waals surface area contributed by atoms with Crippen LogP contribution >= 0.6 is 12.2 Å². The Kier molecular flexibility index (Phi) is 14.7. The van der Waals surface area contributed by atoms with Gasteiger partial charge in [0, 0.05) is 19.0 Å². The summed E-state index contributed by atoms with van der Waals surface area (Å²) in [6, 6.07) is 0.595. The average Bonchev–Trinajstić information content (AvgIpc) is 2.43. The summed E-state index contributed by atoms with van der Waals surface area (Å²) in [5, 5.41) is 0. The van der Waals surface area contributed by atoms with Crippen LogP contribution in [0.1, 0.15) is 91.4 Å². The molecule has 3 heteroatoms. The molecule has 0 rings (SSSR count). The standard InChI is InChI=1S/C18H38N2S/c1-4-5-6-7-8-9-10-11-12-13-15-20(17(2)3)16-14-18(19)21/h17H,4-16H2,1-3H3,(H2,19,21). The van der Waals surface area contributed by atoms with E-state index in [-0.39, 0.29) is 0 Å². The number of hydrogen-bond acceptors (Lipinski definition) is 2. The Morgan fingerprint density at radius 2 is 1.33 bits per heavy atom. The number of nitrogens with two attached hydrogens (primary N) is 1. The van der Waals surface area contributed by atoms with Crippen LogP contribution < -0.4 is 5.73 Å². The van der Waals surface area contributed by atoms with Crippen molar-refractivity contribution in [2.45, 2.75) is 97.4 Å². The van der Waals surface area contributed by atoms with E-state index in [9.17, 15) is 0 Å². The molecule has 0 aliphatic heterocycles. The first kappa shape index (κ1) is 20.9. The molecule has 0 aromatic carbocycles. The summed E-state index contributed by atoms with van der Waals surface area (Å²) in [4.78, 5) is 3.15. The Balaban J connectivity index is 3.43. The summed E-state index contributed by atoms with van der Waals surface area (Å²) in [5.74, 6) is 0. The van der Waals surface area contributed by atoms with Gasteiger partial charge in [0.25, 0.3) is 0 Å². The smallest absolute Gasteiger partial charge is 0.0740 e. The maximum absolute atomic E-state index is 5.60. The molecule has 0 aliphatic carbocycles. The highest BCUT2D eigenvalue weighted by molar-refractivity contribution is 7.80. The van der Waals surface area contributed by atoms with Gasteiger partial charge in [-0.3, -0.25) is 0 Å². The summed E-state index contributed by atoms with van der Waals surface area (Å²) in [7, 11) is 0. The molecule has 0 aromatic heterocycles. The van der Waals surface area contributed by atoms with Crippen LogP contribution in [0, 0.1) is 0 Å². The van der Waals surface area contributed by atoms with Crippen molar-refractivity contribution in [3.63, 3.8) is 0 Å². The van der Waals surface area contributed by atoms with Gasteiger partial charge in [-0.1, -0.05) is 76.9 Å². The van der Waals surface area contributed by atoms with E-state index in [2.05, 4.69) is 25.7 Å². The third-order valence-corrected chi connectivity index (χ3v) is 4.38. The number of hydrogen-bond donors (Lipinski definition) is 1. The molecule has 0 atom stereocenters. The van der Waals surface area contributed by atoms with Crippen LogP contribution in [-0.4, -0.2) is 29.0 Å². The molecule has 0 aliphatic rings. The van der Waals surface area contributed by atoms with E-state index in [1.807, 2.05) is 0 Å². The Bertz CT molecular complexity index is 241. The fourth-order valence-corrected chi connectivity index (χ4v) is 2.78. The van der Waals surface area contributed by atoms with Gasteiger partial charge in [-0.15, -0.1) is 0 Å². The molecular weight excluding hydrogens is 276 g/mol. The highest BCUT2D eigenvalue weighted by atomic mass is 32.1. The number of rotatable bonds is 15. The van der Waals surface area contributed by atoms with Crippen molar-refractivity contribution in [1.82, 2.24) is 4.90 Å². The minimum atomic E-state index is 0.595. The van der Waals surface area contributed by atoms with E-state index in [1.165, 1.54) is 70.8 Å². The maximum Gasteiger partial charge on any atom is 0.0740 e. The average molecular weight is 315 g/mol. The lowest BCUT2D eigenvalue weighted by atomic mass is 10.1. The van der Waals surface area contributed by atoms with Crippen molar-refractivity contribution < 1.29 is 0 Å². The summed E-state index contributed by atoms with van der Waals surface area (Å²) < 4.78 is 0. The monoisotopic (exact) mass is 314 g/mol. The molecule has 0 bridgehead atoms. The molecule has 2 nitrogen and oxygen atoms in total. The van der Waals surface area contributed by atoms with Crippen molar-refractivity contribution in [3.05, 3.63) is 0 Å². The number of unbranched alkanes of at least 4 members (excludes halogenated alkanes) is 9. The first-order valence-corrected chi connectivity index (χ1v) is 9.51. The topological polar surface area (TPSA) is 29.3 Å². The van der Waals surface area contributed by atoms with Crippen LogP contribution in [0.2, 0.25) is 0 Å². The zero-order valence-corrected chi connectivity index (χ0v) is 15.5. The second kappa shape index (κ2) is 14.8. The van der Waals surface area contributed by atoms with Gasteiger partial charge in [-0.25, -0.2) is 0 Å². The zero-order chi connectivity index (χ0) is 15.9. The van der Waals surface area contributed by atoms with Crippen molar-refractivity contribution in [1.29, 1.82) is 0 Å². The van der Waals surface area contributed by atoms with E-state index in [0.29, 0.717) is 11.0 Å². The highest BCUT2D eigenvalue weighted by Crippen LogP contribution is 2.11. The molecule has 0 saturated carbocycles. The molecular formula is C18H38N2S.